The summed E-state index contributed by atoms with van der Waals surface area (Å²) in [6.07, 6.45) is -0.448. The molecule has 0 radical (unpaired) electrons. The molecule has 0 aliphatic heterocycles. The number of aliphatic hydroxyl groups is 4. The number of rotatable bonds is 2. The molecule has 7 N–H and O–H groups in total. The van der Waals surface area contributed by atoms with Crippen LogP contribution in [0.1, 0.15) is 24.5 Å². The van der Waals surface area contributed by atoms with Gasteiger partial charge in [-0.05, 0) is 25.5 Å². The summed E-state index contributed by atoms with van der Waals surface area (Å²) in [5.41, 5.74) is -1.86. The Morgan fingerprint density at radius 3 is 2.32 bits per heavy atom. The van der Waals surface area contributed by atoms with Gasteiger partial charge in [0.1, 0.15) is 22.8 Å². The summed E-state index contributed by atoms with van der Waals surface area (Å²) < 4.78 is -1.39. The maximum absolute atomic E-state index is 13.7. The maximum atomic E-state index is 13.7. The molecule has 0 saturated heterocycles. The van der Waals surface area contributed by atoms with Crippen molar-refractivity contribution in [2.24, 2.45) is 17.6 Å². The molecule has 1 amide bonds. The van der Waals surface area contributed by atoms with Gasteiger partial charge in [0, 0.05) is 22.1 Å². The SMILES string of the molecule is C[C@@]1(O)c2c(Cl)ccc(O)c2C(O)=C2C(=O)[C@]3(O)C(O)=C(C(N)=O)C(=O)[C@@H]([N+](C)(C)[O-])[C@@H]3CC21. The van der Waals surface area contributed by atoms with Gasteiger partial charge in [0.25, 0.3) is 5.91 Å². The number of carbonyl (C=O) groups excluding carboxylic acids is 3. The van der Waals surface area contributed by atoms with Crippen molar-refractivity contribution >= 4 is 34.8 Å². The number of fused-ring (bicyclic) bond motifs is 3. The van der Waals surface area contributed by atoms with Crippen LogP contribution in [-0.2, 0) is 20.0 Å². The van der Waals surface area contributed by atoms with E-state index in [1.165, 1.54) is 13.0 Å². The first-order valence-corrected chi connectivity index (χ1v) is 10.6. The summed E-state index contributed by atoms with van der Waals surface area (Å²) in [6.45, 7) is 1.27. The molecule has 12 heteroatoms. The molecule has 1 aromatic carbocycles. The standard InChI is InChI=1S/C22H23ClN2O9/c1-21(32)7-6-8-15(25(2,3)34)17(28)13(20(24)31)19(30)22(8,33)18(29)11(7)16(27)12-10(26)5-4-9(23)14(12)21/h4-5,7-8,15,26-27,30,32-33H,6H2,1-3H3,(H2,24,31)/t7?,8-,15-,21-,22-/m0/s1. The molecule has 4 rings (SSSR count). The Morgan fingerprint density at radius 2 is 1.79 bits per heavy atom. The van der Waals surface area contributed by atoms with Gasteiger partial charge >= 0.3 is 0 Å². The quantitative estimate of drug-likeness (QED) is 0.190. The van der Waals surface area contributed by atoms with Gasteiger partial charge in [-0.1, -0.05) is 11.6 Å². The molecule has 0 aromatic heterocycles. The van der Waals surface area contributed by atoms with Gasteiger partial charge in [-0.25, -0.2) is 0 Å². The van der Waals surface area contributed by atoms with E-state index in [2.05, 4.69) is 0 Å². The summed E-state index contributed by atoms with van der Waals surface area (Å²) >= 11 is 6.25. The minimum absolute atomic E-state index is 0.0355. The molecule has 34 heavy (non-hydrogen) atoms. The van der Waals surface area contributed by atoms with Crippen LogP contribution >= 0.6 is 11.6 Å². The van der Waals surface area contributed by atoms with Crippen molar-refractivity contribution in [2.75, 3.05) is 14.1 Å². The molecule has 1 saturated carbocycles. The number of Topliss-reactive ketones (excluding diaryl/α,β-unsaturated/α-hetero) is 2. The van der Waals surface area contributed by atoms with Gasteiger partial charge in [0.2, 0.25) is 11.6 Å². The van der Waals surface area contributed by atoms with Gasteiger partial charge in [0.15, 0.2) is 11.6 Å². The second-order valence-electron chi connectivity index (χ2n) is 9.55. The van der Waals surface area contributed by atoms with Crippen LogP contribution in [-0.4, -0.2) is 73.4 Å². The largest absolute Gasteiger partial charge is 0.633 e. The number of hydroxylamine groups is 3. The minimum Gasteiger partial charge on any atom is -0.633 e. The van der Waals surface area contributed by atoms with Crippen LogP contribution < -0.4 is 5.73 Å². The fourth-order valence-electron chi connectivity index (χ4n) is 5.70. The van der Waals surface area contributed by atoms with Crippen LogP contribution in [0.2, 0.25) is 5.02 Å². The topological polar surface area (TPSA) is 201 Å². The Bertz CT molecular complexity index is 1240. The molecule has 11 nitrogen and oxygen atoms in total. The third kappa shape index (κ3) is 2.82. The zero-order valence-electron chi connectivity index (χ0n) is 18.4. The van der Waals surface area contributed by atoms with E-state index in [9.17, 15) is 45.1 Å². The second-order valence-corrected chi connectivity index (χ2v) is 9.95. The number of phenols is 1. The number of primary amides is 1. The number of quaternary nitrogens is 1. The van der Waals surface area contributed by atoms with Gasteiger partial charge < -0.3 is 41.1 Å². The fourth-order valence-corrected chi connectivity index (χ4v) is 6.05. The number of nitrogens with zero attached hydrogens (tertiary/aromatic N) is 1. The zero-order chi connectivity index (χ0) is 25.7. The van der Waals surface area contributed by atoms with Crippen molar-refractivity contribution < 1.29 is 44.6 Å². The van der Waals surface area contributed by atoms with Crippen LogP contribution in [0.5, 0.6) is 5.75 Å². The Balaban J connectivity index is 2.09. The molecule has 0 heterocycles. The highest BCUT2D eigenvalue weighted by Crippen LogP contribution is 2.58. The third-order valence-electron chi connectivity index (χ3n) is 7.18. The highest BCUT2D eigenvalue weighted by molar-refractivity contribution is 6.32. The van der Waals surface area contributed by atoms with Crippen molar-refractivity contribution in [3.63, 3.8) is 0 Å². The van der Waals surface area contributed by atoms with E-state index in [0.29, 0.717) is 0 Å². The number of ketones is 2. The van der Waals surface area contributed by atoms with E-state index >= 15 is 0 Å². The average Bonchev–Trinajstić information content (AvgIpc) is 2.69. The lowest BCUT2D eigenvalue weighted by atomic mass is 9.54. The molecule has 3 aliphatic carbocycles. The first kappa shape index (κ1) is 24.2. The first-order chi connectivity index (χ1) is 15.5. The number of aliphatic hydroxyl groups excluding tert-OH is 2. The number of halogens is 1. The molecule has 0 bridgehead atoms. The number of hydrogen-bond acceptors (Lipinski definition) is 9. The highest BCUT2D eigenvalue weighted by Gasteiger charge is 2.68. The van der Waals surface area contributed by atoms with Gasteiger partial charge in [-0.3, -0.25) is 14.4 Å². The molecule has 5 atom stereocenters. The number of likely N-dealkylation sites (N-methyl/N-ethyl adjacent to an activating group) is 1. The summed E-state index contributed by atoms with van der Waals surface area (Å²) in [4.78, 5) is 38.8. The van der Waals surface area contributed by atoms with Gasteiger partial charge in [-0.15, -0.1) is 0 Å². The maximum Gasteiger partial charge on any atom is 0.256 e. The molecule has 1 fully saturated rings. The van der Waals surface area contributed by atoms with Crippen molar-refractivity contribution in [1.29, 1.82) is 0 Å². The Hall–Kier alpha value is -2.96. The smallest absolute Gasteiger partial charge is 0.256 e. The normalized spacial score (nSPS) is 33.4. The Kier molecular flexibility index (Phi) is 5.00. The van der Waals surface area contributed by atoms with E-state index in [1.807, 2.05) is 0 Å². The number of amides is 1. The number of phenolic OH excluding ortho intramolecular Hbond substituents is 1. The monoisotopic (exact) mass is 494 g/mol. The Labute approximate surface area is 198 Å². The van der Waals surface area contributed by atoms with Crippen LogP contribution in [0.15, 0.2) is 29.0 Å². The summed E-state index contributed by atoms with van der Waals surface area (Å²) in [5, 5.41) is 68.1. The van der Waals surface area contributed by atoms with Gasteiger partial charge in [-0.2, -0.15) is 0 Å². The lowest BCUT2D eigenvalue weighted by molar-refractivity contribution is -0.862. The minimum atomic E-state index is -2.98. The number of hydrogen-bond donors (Lipinski definition) is 6. The summed E-state index contributed by atoms with van der Waals surface area (Å²) in [6, 6.07) is 0.656. The third-order valence-corrected chi connectivity index (χ3v) is 7.50. The highest BCUT2D eigenvalue weighted by atomic mass is 35.5. The summed E-state index contributed by atoms with van der Waals surface area (Å²) in [5.74, 6) is -9.52. The van der Waals surface area contributed by atoms with Crippen molar-refractivity contribution in [3.8, 4) is 5.75 Å². The second kappa shape index (κ2) is 7.03. The van der Waals surface area contributed by atoms with Crippen LogP contribution in [0, 0.1) is 17.0 Å². The number of benzene rings is 1. The van der Waals surface area contributed by atoms with Crippen LogP contribution in [0.25, 0.3) is 5.76 Å². The van der Waals surface area contributed by atoms with E-state index in [4.69, 9.17) is 17.3 Å². The molecule has 1 aromatic rings. The van der Waals surface area contributed by atoms with Crippen molar-refractivity contribution in [2.45, 2.75) is 30.6 Å². The van der Waals surface area contributed by atoms with E-state index in [-0.39, 0.29) is 16.1 Å². The van der Waals surface area contributed by atoms with E-state index in [1.54, 1.807) is 0 Å². The Morgan fingerprint density at radius 1 is 1.21 bits per heavy atom. The molecular formula is C22H23ClN2O9. The predicted octanol–water partition coefficient (Wildman–Crippen LogP) is 0.295. The van der Waals surface area contributed by atoms with Crippen LogP contribution in [0.3, 0.4) is 0 Å². The lowest BCUT2D eigenvalue weighted by Crippen LogP contribution is -2.69. The van der Waals surface area contributed by atoms with E-state index in [0.717, 1.165) is 20.2 Å². The number of carbonyl (C=O) groups is 3. The summed E-state index contributed by atoms with van der Waals surface area (Å²) in [7, 11) is 2.11. The van der Waals surface area contributed by atoms with Crippen LogP contribution in [0.4, 0.5) is 0 Å². The number of nitrogens with two attached hydrogens (primary N) is 1. The first-order valence-electron chi connectivity index (χ1n) is 10.3. The zero-order valence-corrected chi connectivity index (χ0v) is 19.1. The van der Waals surface area contributed by atoms with Gasteiger partial charge in [0.05, 0.1) is 31.2 Å². The molecule has 182 valence electrons. The van der Waals surface area contributed by atoms with Crippen molar-refractivity contribution in [1.82, 2.24) is 0 Å². The van der Waals surface area contributed by atoms with E-state index < -0.39 is 86.0 Å². The molecule has 0 spiro atoms. The molecular weight excluding hydrogens is 472 g/mol. The molecule has 1 unspecified atom stereocenters. The average molecular weight is 495 g/mol. The lowest BCUT2D eigenvalue weighted by Gasteiger charge is -2.55. The number of aromatic hydroxyl groups is 1. The fraction of sp³-hybridized carbons (Fsp3) is 0.409. The van der Waals surface area contributed by atoms with Crippen molar-refractivity contribution in [3.05, 3.63) is 50.4 Å². The molecule has 3 aliphatic rings. The predicted molar refractivity (Wildman–Crippen MR) is 117 cm³/mol.